The summed E-state index contributed by atoms with van der Waals surface area (Å²) in [7, 11) is 0. The number of nitrogens with zero attached hydrogens (tertiary/aromatic N) is 5. The second-order valence-electron chi connectivity index (χ2n) is 6.34. The number of rotatable bonds is 7. The molecule has 1 aliphatic heterocycles. The van der Waals surface area contributed by atoms with Crippen molar-refractivity contribution in [1.29, 1.82) is 0 Å². The van der Waals surface area contributed by atoms with Gasteiger partial charge in [0.15, 0.2) is 0 Å². The monoisotopic (exact) mass is 342 g/mol. The predicted molar refractivity (Wildman–Crippen MR) is 96.2 cm³/mol. The van der Waals surface area contributed by atoms with Gasteiger partial charge in [-0.05, 0) is 25.3 Å². The molecule has 0 bridgehead atoms. The molecule has 0 aliphatic carbocycles. The van der Waals surface area contributed by atoms with Crippen molar-refractivity contribution in [2.24, 2.45) is 0 Å². The second-order valence-corrected chi connectivity index (χ2v) is 6.34. The number of piperidine rings is 1. The van der Waals surface area contributed by atoms with Crippen molar-refractivity contribution >= 4 is 11.9 Å². The Morgan fingerprint density at radius 3 is 2.92 bits per heavy atom. The summed E-state index contributed by atoms with van der Waals surface area (Å²) in [6.07, 6.45) is 11.7. The molecule has 3 heterocycles. The number of hydrogen-bond acceptors (Lipinski definition) is 5. The van der Waals surface area contributed by atoms with Gasteiger partial charge in [-0.1, -0.05) is 6.92 Å². The molecular formula is C18H26N6O. The SMILES string of the molecule is CCc1nccn1C1CCCN(C(=O)CCCNc2ncccn2)C1. The van der Waals surface area contributed by atoms with Crippen molar-refractivity contribution in [1.82, 2.24) is 24.4 Å². The maximum absolute atomic E-state index is 12.5. The first-order chi connectivity index (χ1) is 12.3. The molecule has 134 valence electrons. The summed E-state index contributed by atoms with van der Waals surface area (Å²) >= 11 is 0. The summed E-state index contributed by atoms with van der Waals surface area (Å²) in [5.74, 6) is 1.95. The molecule has 0 saturated carbocycles. The molecule has 7 heteroatoms. The molecule has 7 nitrogen and oxygen atoms in total. The zero-order valence-electron chi connectivity index (χ0n) is 14.8. The van der Waals surface area contributed by atoms with Crippen LogP contribution in [0.2, 0.25) is 0 Å². The number of amides is 1. The van der Waals surface area contributed by atoms with Crippen molar-refractivity contribution in [3.63, 3.8) is 0 Å². The molecule has 25 heavy (non-hydrogen) atoms. The van der Waals surface area contributed by atoms with Gasteiger partial charge < -0.3 is 14.8 Å². The Kier molecular flexibility index (Phi) is 5.98. The highest BCUT2D eigenvalue weighted by Crippen LogP contribution is 2.23. The Labute approximate surface area is 148 Å². The van der Waals surface area contributed by atoms with E-state index in [1.54, 1.807) is 18.5 Å². The van der Waals surface area contributed by atoms with Crippen molar-refractivity contribution in [2.75, 3.05) is 25.0 Å². The normalized spacial score (nSPS) is 17.5. The van der Waals surface area contributed by atoms with Gasteiger partial charge in [-0.15, -0.1) is 0 Å². The van der Waals surface area contributed by atoms with E-state index in [2.05, 4.69) is 31.8 Å². The summed E-state index contributed by atoms with van der Waals surface area (Å²) < 4.78 is 2.24. The summed E-state index contributed by atoms with van der Waals surface area (Å²) in [4.78, 5) is 27.2. The fraction of sp³-hybridized carbons (Fsp3) is 0.556. The van der Waals surface area contributed by atoms with E-state index in [9.17, 15) is 4.79 Å². The Hall–Kier alpha value is -2.44. The number of aryl methyl sites for hydroxylation is 1. The third-order valence-corrected chi connectivity index (χ3v) is 4.62. The van der Waals surface area contributed by atoms with Crippen LogP contribution in [0.1, 0.15) is 44.5 Å². The highest BCUT2D eigenvalue weighted by Gasteiger charge is 2.25. The van der Waals surface area contributed by atoms with Crippen LogP contribution in [0.4, 0.5) is 5.95 Å². The van der Waals surface area contributed by atoms with E-state index in [1.165, 1.54) is 0 Å². The molecule has 1 unspecified atom stereocenters. The summed E-state index contributed by atoms with van der Waals surface area (Å²) in [5, 5.41) is 3.14. The zero-order chi connectivity index (χ0) is 17.5. The minimum Gasteiger partial charge on any atom is -0.354 e. The molecule has 1 saturated heterocycles. The summed E-state index contributed by atoms with van der Waals surface area (Å²) in [5.41, 5.74) is 0. The van der Waals surface area contributed by atoms with E-state index in [0.717, 1.165) is 44.6 Å². The molecule has 0 radical (unpaired) electrons. The number of anilines is 1. The lowest BCUT2D eigenvalue weighted by atomic mass is 10.0. The number of aromatic nitrogens is 4. The average Bonchev–Trinajstić information content (AvgIpc) is 3.15. The lowest BCUT2D eigenvalue weighted by Crippen LogP contribution is -2.41. The molecular weight excluding hydrogens is 316 g/mol. The Bertz CT molecular complexity index is 671. The molecule has 1 amide bonds. The van der Waals surface area contributed by atoms with E-state index < -0.39 is 0 Å². The third-order valence-electron chi connectivity index (χ3n) is 4.62. The van der Waals surface area contributed by atoms with Crippen LogP contribution in [0.3, 0.4) is 0 Å². The van der Waals surface area contributed by atoms with Crippen LogP contribution in [0.15, 0.2) is 30.9 Å². The standard InChI is InChI=1S/C18H26N6O/c1-2-16-19-11-13-24(16)15-6-4-12-23(14-15)17(25)7-3-8-20-18-21-9-5-10-22-18/h5,9-11,13,15H,2-4,6-8,12,14H2,1H3,(H,20,21,22). The Morgan fingerprint density at radius 1 is 1.28 bits per heavy atom. The first-order valence-electron chi connectivity index (χ1n) is 9.08. The maximum Gasteiger partial charge on any atom is 0.222 e. The van der Waals surface area contributed by atoms with Gasteiger partial charge in [-0.3, -0.25) is 4.79 Å². The predicted octanol–water partition coefficient (Wildman–Crippen LogP) is 2.29. The van der Waals surface area contributed by atoms with Crippen LogP contribution in [0, 0.1) is 0 Å². The van der Waals surface area contributed by atoms with Gasteiger partial charge in [0.1, 0.15) is 5.82 Å². The van der Waals surface area contributed by atoms with Crippen molar-refractivity contribution < 1.29 is 4.79 Å². The fourth-order valence-electron chi connectivity index (χ4n) is 3.35. The van der Waals surface area contributed by atoms with Gasteiger partial charge in [-0.2, -0.15) is 0 Å². The first kappa shape index (κ1) is 17.4. The van der Waals surface area contributed by atoms with Gasteiger partial charge in [0.05, 0.1) is 6.04 Å². The van der Waals surface area contributed by atoms with Crippen LogP contribution in [-0.2, 0) is 11.2 Å². The minimum absolute atomic E-state index is 0.235. The highest BCUT2D eigenvalue weighted by atomic mass is 16.2. The van der Waals surface area contributed by atoms with E-state index >= 15 is 0 Å². The van der Waals surface area contributed by atoms with E-state index in [4.69, 9.17) is 0 Å². The largest absolute Gasteiger partial charge is 0.354 e. The topological polar surface area (TPSA) is 75.9 Å². The molecule has 0 spiro atoms. The molecule has 1 aliphatic rings. The quantitative estimate of drug-likeness (QED) is 0.781. The molecule has 1 atom stereocenters. The van der Waals surface area contributed by atoms with Crippen LogP contribution >= 0.6 is 0 Å². The van der Waals surface area contributed by atoms with Crippen LogP contribution < -0.4 is 5.32 Å². The van der Waals surface area contributed by atoms with Gasteiger partial charge in [0.25, 0.3) is 0 Å². The minimum atomic E-state index is 0.235. The van der Waals surface area contributed by atoms with Crippen molar-refractivity contribution in [2.45, 2.75) is 45.1 Å². The fourth-order valence-corrected chi connectivity index (χ4v) is 3.35. The molecule has 0 aromatic carbocycles. The third kappa shape index (κ3) is 4.55. The number of nitrogens with one attached hydrogen (secondary N) is 1. The molecule has 1 fully saturated rings. The van der Waals surface area contributed by atoms with Crippen LogP contribution in [0.5, 0.6) is 0 Å². The first-order valence-corrected chi connectivity index (χ1v) is 9.08. The lowest BCUT2D eigenvalue weighted by molar-refractivity contribution is -0.132. The average molecular weight is 342 g/mol. The number of imidazole rings is 1. The van der Waals surface area contributed by atoms with Crippen molar-refractivity contribution in [3.05, 3.63) is 36.7 Å². The zero-order valence-corrected chi connectivity index (χ0v) is 14.8. The van der Waals surface area contributed by atoms with Gasteiger partial charge in [0, 0.05) is 57.3 Å². The smallest absolute Gasteiger partial charge is 0.222 e. The van der Waals surface area contributed by atoms with Crippen molar-refractivity contribution in [3.8, 4) is 0 Å². The maximum atomic E-state index is 12.5. The van der Waals surface area contributed by atoms with Gasteiger partial charge in [0.2, 0.25) is 11.9 Å². The van der Waals surface area contributed by atoms with Gasteiger partial charge >= 0.3 is 0 Å². The summed E-state index contributed by atoms with van der Waals surface area (Å²) in [6, 6.07) is 2.14. The van der Waals surface area contributed by atoms with E-state index in [-0.39, 0.29) is 5.91 Å². The molecule has 2 aromatic rings. The van der Waals surface area contributed by atoms with E-state index in [1.807, 2.05) is 17.3 Å². The number of hydrogen-bond donors (Lipinski definition) is 1. The summed E-state index contributed by atoms with van der Waals surface area (Å²) in [6.45, 7) is 4.47. The number of carbonyl (C=O) groups is 1. The lowest BCUT2D eigenvalue weighted by Gasteiger charge is -2.34. The number of carbonyl (C=O) groups excluding carboxylic acids is 1. The molecule has 3 rings (SSSR count). The van der Waals surface area contributed by atoms with Gasteiger partial charge in [-0.25, -0.2) is 15.0 Å². The van der Waals surface area contributed by atoms with Crippen LogP contribution in [0.25, 0.3) is 0 Å². The molecule has 2 aromatic heterocycles. The number of likely N-dealkylation sites (tertiary alicyclic amines) is 1. The second kappa shape index (κ2) is 8.60. The van der Waals surface area contributed by atoms with Crippen LogP contribution in [-0.4, -0.2) is 50.0 Å². The highest BCUT2D eigenvalue weighted by molar-refractivity contribution is 5.76. The Morgan fingerprint density at radius 2 is 2.12 bits per heavy atom. The Balaban J connectivity index is 1.45. The molecule has 1 N–H and O–H groups in total. The van der Waals surface area contributed by atoms with E-state index in [0.29, 0.717) is 25.0 Å².